The Kier molecular flexibility index (Phi) is 7.43. The van der Waals surface area contributed by atoms with Crippen LogP contribution in [0, 0.1) is 23.0 Å². The number of carbonyl (C=O) groups excluding carboxylic acids is 3. The summed E-state index contributed by atoms with van der Waals surface area (Å²) in [5, 5.41) is 12.0. The van der Waals surface area contributed by atoms with Crippen LogP contribution in [0.4, 0.5) is 18.6 Å². The van der Waals surface area contributed by atoms with Gasteiger partial charge in [0.1, 0.15) is 34.6 Å². The zero-order chi connectivity index (χ0) is 26.1. The molecule has 3 aromatic rings. The fraction of sp³-hybridized carbons (Fsp3) is 0.250. The first-order chi connectivity index (χ1) is 16.4. The highest BCUT2D eigenvalue weighted by molar-refractivity contribution is 7.23. The first-order valence-corrected chi connectivity index (χ1v) is 11.3. The van der Waals surface area contributed by atoms with Crippen LogP contribution in [0.3, 0.4) is 0 Å². The van der Waals surface area contributed by atoms with Crippen LogP contribution < -0.4 is 5.32 Å². The van der Waals surface area contributed by atoms with E-state index in [2.05, 4.69) is 10.1 Å². The lowest BCUT2D eigenvalue weighted by Crippen LogP contribution is -2.27. The lowest BCUT2D eigenvalue weighted by molar-refractivity contribution is -0.107. The predicted molar refractivity (Wildman–Crippen MR) is 128 cm³/mol. The largest absolute Gasteiger partial charge is 0.465 e. The molecule has 0 saturated heterocycles. The molecular formula is C24H19ClF2N2O5S. The molecule has 11 heteroatoms. The number of amides is 1. The number of halogens is 3. The molecule has 3 rings (SSSR count). The average Bonchev–Trinajstić information content (AvgIpc) is 3.13. The molecule has 2 aromatic carbocycles. The standard InChI is InChI=1S/C24H19ClF2N2O5S/c1-24(2,3)34-23(32)29-21-14(10-28)17-12(5-6-15(26)20(17)35-21)18-16(27)9-13(22(31)33-4)11(7-8-30)19(18)25/h5-6,8-9H,7H2,1-4H3,(H,29,32). The van der Waals surface area contributed by atoms with Crippen LogP contribution in [0.25, 0.3) is 21.2 Å². The van der Waals surface area contributed by atoms with Gasteiger partial charge in [-0.05, 0) is 44.0 Å². The Labute approximate surface area is 208 Å². The molecule has 0 aliphatic rings. The van der Waals surface area contributed by atoms with E-state index in [-0.39, 0.29) is 54.3 Å². The Morgan fingerprint density at radius 2 is 1.94 bits per heavy atom. The molecule has 1 N–H and O–H groups in total. The monoisotopic (exact) mass is 520 g/mol. The van der Waals surface area contributed by atoms with Crippen molar-refractivity contribution in [3.8, 4) is 17.2 Å². The molecule has 1 aromatic heterocycles. The number of thiophene rings is 1. The normalized spacial score (nSPS) is 11.1. The summed E-state index contributed by atoms with van der Waals surface area (Å²) >= 11 is 7.23. The van der Waals surface area contributed by atoms with Gasteiger partial charge in [-0.15, -0.1) is 11.3 Å². The number of carbonyl (C=O) groups is 3. The third-order valence-corrected chi connectivity index (χ3v) is 6.33. The number of aldehydes is 1. The van der Waals surface area contributed by atoms with Crippen LogP contribution in [0.15, 0.2) is 18.2 Å². The highest BCUT2D eigenvalue weighted by atomic mass is 35.5. The summed E-state index contributed by atoms with van der Waals surface area (Å²) in [6.07, 6.45) is -0.687. The van der Waals surface area contributed by atoms with E-state index in [1.54, 1.807) is 20.8 Å². The van der Waals surface area contributed by atoms with Crippen LogP contribution >= 0.6 is 22.9 Å². The van der Waals surface area contributed by atoms with Gasteiger partial charge in [-0.1, -0.05) is 17.7 Å². The molecule has 1 heterocycles. The molecule has 0 aliphatic carbocycles. The van der Waals surface area contributed by atoms with Crippen molar-refractivity contribution in [2.75, 3.05) is 12.4 Å². The van der Waals surface area contributed by atoms with E-state index in [4.69, 9.17) is 16.3 Å². The molecule has 0 radical (unpaired) electrons. The number of ether oxygens (including phenoxy) is 2. The van der Waals surface area contributed by atoms with Crippen LogP contribution in [0.2, 0.25) is 5.02 Å². The van der Waals surface area contributed by atoms with Gasteiger partial charge in [-0.25, -0.2) is 18.4 Å². The second-order valence-electron chi connectivity index (χ2n) is 8.28. The second-order valence-corrected chi connectivity index (χ2v) is 9.68. The molecule has 0 atom stereocenters. The molecule has 0 aliphatic heterocycles. The van der Waals surface area contributed by atoms with Crippen molar-refractivity contribution < 1.29 is 32.6 Å². The lowest BCUT2D eigenvalue weighted by Gasteiger charge is -2.19. The Morgan fingerprint density at radius 3 is 2.51 bits per heavy atom. The van der Waals surface area contributed by atoms with Crippen LogP contribution in [-0.2, 0) is 20.7 Å². The zero-order valence-corrected chi connectivity index (χ0v) is 20.6. The van der Waals surface area contributed by atoms with Gasteiger partial charge < -0.3 is 14.3 Å². The van der Waals surface area contributed by atoms with Crippen molar-refractivity contribution in [3.63, 3.8) is 0 Å². The van der Waals surface area contributed by atoms with Crippen LogP contribution in [0.5, 0.6) is 0 Å². The van der Waals surface area contributed by atoms with Crippen molar-refractivity contribution >= 4 is 56.4 Å². The van der Waals surface area contributed by atoms with E-state index in [1.165, 1.54) is 6.07 Å². The minimum atomic E-state index is -0.949. The molecule has 0 unspecified atom stereocenters. The van der Waals surface area contributed by atoms with Gasteiger partial charge in [0.25, 0.3) is 0 Å². The number of hydrogen-bond donors (Lipinski definition) is 1. The van der Waals surface area contributed by atoms with E-state index < -0.39 is 29.3 Å². The van der Waals surface area contributed by atoms with Gasteiger partial charge in [-0.2, -0.15) is 5.26 Å². The maximum atomic E-state index is 15.3. The van der Waals surface area contributed by atoms with Gasteiger partial charge >= 0.3 is 12.1 Å². The molecule has 7 nitrogen and oxygen atoms in total. The Bertz CT molecular complexity index is 1410. The van der Waals surface area contributed by atoms with E-state index in [0.29, 0.717) is 6.29 Å². The number of anilines is 1. The number of hydrogen-bond acceptors (Lipinski definition) is 7. The molecule has 35 heavy (non-hydrogen) atoms. The number of nitrogens with zero attached hydrogens (tertiary/aromatic N) is 1. The first kappa shape index (κ1) is 26.1. The average molecular weight is 521 g/mol. The molecule has 0 saturated carbocycles. The molecule has 1 amide bonds. The third kappa shape index (κ3) is 5.11. The van der Waals surface area contributed by atoms with Crippen molar-refractivity contribution in [1.82, 2.24) is 0 Å². The van der Waals surface area contributed by atoms with E-state index in [0.717, 1.165) is 30.6 Å². The number of nitrogens with one attached hydrogen (secondary N) is 1. The minimum Gasteiger partial charge on any atom is -0.465 e. The smallest absolute Gasteiger partial charge is 0.412 e. The highest BCUT2D eigenvalue weighted by Crippen LogP contribution is 2.45. The van der Waals surface area contributed by atoms with Gasteiger partial charge in [0.15, 0.2) is 0 Å². The van der Waals surface area contributed by atoms with Crippen LogP contribution in [-0.4, -0.2) is 31.1 Å². The fourth-order valence-electron chi connectivity index (χ4n) is 3.45. The Hall–Kier alpha value is -3.55. The summed E-state index contributed by atoms with van der Waals surface area (Å²) in [7, 11) is 1.10. The van der Waals surface area contributed by atoms with E-state index in [9.17, 15) is 24.0 Å². The third-order valence-electron chi connectivity index (χ3n) is 4.80. The van der Waals surface area contributed by atoms with Crippen molar-refractivity contribution in [1.29, 1.82) is 5.26 Å². The number of methoxy groups -OCH3 is 1. The fourth-order valence-corrected chi connectivity index (χ4v) is 4.89. The number of nitriles is 1. The molecule has 182 valence electrons. The highest BCUT2D eigenvalue weighted by Gasteiger charge is 2.27. The van der Waals surface area contributed by atoms with E-state index >= 15 is 4.39 Å². The Morgan fingerprint density at radius 1 is 1.26 bits per heavy atom. The molecular weight excluding hydrogens is 502 g/mol. The van der Waals surface area contributed by atoms with E-state index in [1.807, 2.05) is 6.07 Å². The second kappa shape index (κ2) is 9.98. The summed E-state index contributed by atoms with van der Waals surface area (Å²) in [6.45, 7) is 4.96. The minimum absolute atomic E-state index is 0.000994. The van der Waals surface area contributed by atoms with Crippen molar-refractivity contribution in [2.45, 2.75) is 32.8 Å². The Balaban J connectivity index is 2.31. The van der Waals surface area contributed by atoms with Gasteiger partial charge in [0, 0.05) is 17.4 Å². The molecule has 0 bridgehead atoms. The summed E-state index contributed by atoms with van der Waals surface area (Å²) < 4.78 is 39.9. The maximum Gasteiger partial charge on any atom is 0.412 e. The zero-order valence-electron chi connectivity index (χ0n) is 19.0. The number of fused-ring (bicyclic) bond motifs is 1. The summed E-state index contributed by atoms with van der Waals surface area (Å²) in [5.74, 6) is -2.55. The lowest BCUT2D eigenvalue weighted by atomic mass is 9.93. The van der Waals surface area contributed by atoms with Gasteiger partial charge in [0.05, 0.1) is 28.0 Å². The topological polar surface area (TPSA) is 105 Å². The predicted octanol–water partition coefficient (Wildman–Crippen LogP) is 6.25. The molecule has 0 fully saturated rings. The van der Waals surface area contributed by atoms with Gasteiger partial charge in [0.2, 0.25) is 0 Å². The van der Waals surface area contributed by atoms with Crippen molar-refractivity contribution in [2.24, 2.45) is 0 Å². The van der Waals surface area contributed by atoms with Crippen LogP contribution in [0.1, 0.15) is 42.3 Å². The summed E-state index contributed by atoms with van der Waals surface area (Å²) in [5.41, 5.74) is -1.37. The SMILES string of the molecule is COC(=O)c1cc(F)c(-c2ccc(F)c3sc(NC(=O)OC(C)(C)C)c(C#N)c23)c(Cl)c1CC=O. The number of benzene rings is 2. The summed E-state index contributed by atoms with van der Waals surface area (Å²) in [4.78, 5) is 35.6. The quantitative estimate of drug-likeness (QED) is 0.315. The first-order valence-electron chi connectivity index (χ1n) is 10.1. The number of esters is 1. The maximum absolute atomic E-state index is 15.3. The van der Waals surface area contributed by atoms with Gasteiger partial charge in [-0.3, -0.25) is 5.32 Å². The number of rotatable bonds is 5. The van der Waals surface area contributed by atoms with Crippen molar-refractivity contribution in [3.05, 3.63) is 51.5 Å². The summed E-state index contributed by atoms with van der Waals surface area (Å²) in [6, 6.07) is 5.09. The molecule has 0 spiro atoms.